The van der Waals surface area contributed by atoms with Gasteiger partial charge in [0.15, 0.2) is 11.5 Å². The Bertz CT molecular complexity index is 517. The molecule has 0 aliphatic carbocycles. The number of phenolic OH excluding ortho intramolecular Hbond substituents is 1. The van der Waals surface area contributed by atoms with Crippen molar-refractivity contribution in [1.82, 2.24) is 9.78 Å². The van der Waals surface area contributed by atoms with Gasteiger partial charge >= 0.3 is 0 Å². The standard InChI is InChI=1S/C12H12N2O3/c1-9(15)8-17-12-6-13-14(7-12)10-2-4-11(16)5-3-10/h2-7,16H,8H2,1H3. The molecule has 1 heterocycles. The molecule has 0 spiro atoms. The van der Waals surface area contributed by atoms with E-state index >= 15 is 0 Å². The SMILES string of the molecule is CC(=O)COc1cnn(-c2ccc(O)cc2)c1. The van der Waals surface area contributed by atoms with Gasteiger partial charge in [-0.1, -0.05) is 0 Å². The van der Waals surface area contributed by atoms with Gasteiger partial charge in [-0.05, 0) is 31.2 Å². The Morgan fingerprint density at radius 3 is 2.76 bits per heavy atom. The van der Waals surface area contributed by atoms with Gasteiger partial charge in [0.25, 0.3) is 0 Å². The van der Waals surface area contributed by atoms with Crippen molar-refractivity contribution in [3.8, 4) is 17.2 Å². The lowest BCUT2D eigenvalue weighted by molar-refractivity contribution is -0.118. The number of ether oxygens (including phenoxy) is 1. The Hall–Kier alpha value is -2.30. The van der Waals surface area contributed by atoms with Crippen molar-refractivity contribution < 1.29 is 14.6 Å². The van der Waals surface area contributed by atoms with Gasteiger partial charge in [0, 0.05) is 0 Å². The highest BCUT2D eigenvalue weighted by atomic mass is 16.5. The van der Waals surface area contributed by atoms with Gasteiger partial charge in [0.1, 0.15) is 12.4 Å². The van der Waals surface area contributed by atoms with Crippen molar-refractivity contribution in [3.63, 3.8) is 0 Å². The molecule has 0 radical (unpaired) electrons. The molecular formula is C12H12N2O3. The summed E-state index contributed by atoms with van der Waals surface area (Å²) in [6, 6.07) is 6.62. The summed E-state index contributed by atoms with van der Waals surface area (Å²) in [5, 5.41) is 13.3. The molecule has 0 saturated carbocycles. The van der Waals surface area contributed by atoms with Crippen molar-refractivity contribution in [2.75, 3.05) is 6.61 Å². The minimum atomic E-state index is -0.0395. The number of ketones is 1. The molecule has 5 nitrogen and oxygen atoms in total. The highest BCUT2D eigenvalue weighted by molar-refractivity contribution is 5.77. The molecule has 0 bridgehead atoms. The lowest BCUT2D eigenvalue weighted by Gasteiger charge is -2.01. The van der Waals surface area contributed by atoms with Crippen LogP contribution >= 0.6 is 0 Å². The quantitative estimate of drug-likeness (QED) is 0.868. The van der Waals surface area contributed by atoms with Crippen molar-refractivity contribution in [1.29, 1.82) is 0 Å². The largest absolute Gasteiger partial charge is 0.508 e. The van der Waals surface area contributed by atoms with E-state index in [1.807, 2.05) is 0 Å². The van der Waals surface area contributed by atoms with Crippen LogP contribution in [0, 0.1) is 0 Å². The number of hydrogen-bond donors (Lipinski definition) is 1. The lowest BCUT2D eigenvalue weighted by Crippen LogP contribution is -2.05. The number of Topliss-reactive ketones (excluding diaryl/α,β-unsaturated/α-hetero) is 1. The second-order valence-electron chi connectivity index (χ2n) is 3.63. The van der Waals surface area contributed by atoms with Crippen LogP contribution in [0.5, 0.6) is 11.5 Å². The molecule has 0 aliphatic rings. The molecule has 1 aromatic carbocycles. The number of hydrogen-bond acceptors (Lipinski definition) is 4. The molecule has 88 valence electrons. The Morgan fingerprint density at radius 2 is 2.12 bits per heavy atom. The topological polar surface area (TPSA) is 64.3 Å². The van der Waals surface area contributed by atoms with Gasteiger partial charge in [-0.25, -0.2) is 4.68 Å². The fourth-order valence-electron chi connectivity index (χ4n) is 1.31. The van der Waals surface area contributed by atoms with Gasteiger partial charge in [-0.3, -0.25) is 4.79 Å². The molecule has 0 fully saturated rings. The van der Waals surface area contributed by atoms with Crippen LogP contribution in [0.1, 0.15) is 6.92 Å². The van der Waals surface area contributed by atoms with Crippen LogP contribution in [0.15, 0.2) is 36.7 Å². The predicted molar refractivity (Wildman–Crippen MR) is 61.4 cm³/mol. The summed E-state index contributed by atoms with van der Waals surface area (Å²) in [4.78, 5) is 10.8. The van der Waals surface area contributed by atoms with Crippen LogP contribution in [-0.2, 0) is 4.79 Å². The highest BCUT2D eigenvalue weighted by Gasteiger charge is 2.02. The first-order chi connectivity index (χ1) is 8.15. The fraction of sp³-hybridized carbons (Fsp3) is 0.167. The van der Waals surface area contributed by atoms with Crippen LogP contribution in [0.3, 0.4) is 0 Å². The number of aromatic nitrogens is 2. The first-order valence-corrected chi connectivity index (χ1v) is 5.11. The molecule has 17 heavy (non-hydrogen) atoms. The van der Waals surface area contributed by atoms with E-state index in [-0.39, 0.29) is 18.1 Å². The Balaban J connectivity index is 2.12. The molecule has 0 saturated heterocycles. The summed E-state index contributed by atoms with van der Waals surface area (Å²) in [5.41, 5.74) is 0.806. The first-order valence-electron chi connectivity index (χ1n) is 5.11. The summed E-state index contributed by atoms with van der Waals surface area (Å²) in [6.45, 7) is 1.51. The van der Waals surface area contributed by atoms with E-state index in [4.69, 9.17) is 9.84 Å². The normalized spacial score (nSPS) is 10.2. The van der Waals surface area contributed by atoms with Crippen LogP contribution in [-0.4, -0.2) is 27.3 Å². The number of phenols is 1. The van der Waals surface area contributed by atoms with Crippen molar-refractivity contribution in [2.24, 2.45) is 0 Å². The van der Waals surface area contributed by atoms with Gasteiger partial charge in [-0.15, -0.1) is 0 Å². The van der Waals surface area contributed by atoms with Gasteiger partial charge in [0.2, 0.25) is 0 Å². The maximum absolute atomic E-state index is 10.8. The van der Waals surface area contributed by atoms with Gasteiger partial charge < -0.3 is 9.84 Å². The molecule has 1 aromatic heterocycles. The van der Waals surface area contributed by atoms with Crippen molar-refractivity contribution >= 4 is 5.78 Å². The predicted octanol–water partition coefficient (Wildman–Crippen LogP) is 1.55. The highest BCUT2D eigenvalue weighted by Crippen LogP contribution is 2.16. The van der Waals surface area contributed by atoms with Crippen LogP contribution in [0.2, 0.25) is 0 Å². The average molecular weight is 232 g/mol. The zero-order chi connectivity index (χ0) is 12.3. The van der Waals surface area contributed by atoms with Crippen molar-refractivity contribution in [3.05, 3.63) is 36.7 Å². The molecule has 0 unspecified atom stereocenters. The summed E-state index contributed by atoms with van der Waals surface area (Å²) in [7, 11) is 0. The zero-order valence-corrected chi connectivity index (χ0v) is 9.33. The maximum Gasteiger partial charge on any atom is 0.167 e. The second kappa shape index (κ2) is 4.69. The number of rotatable bonds is 4. The molecule has 2 rings (SSSR count). The zero-order valence-electron chi connectivity index (χ0n) is 9.33. The monoisotopic (exact) mass is 232 g/mol. The number of carbonyl (C=O) groups is 1. The molecular weight excluding hydrogens is 220 g/mol. The fourth-order valence-corrected chi connectivity index (χ4v) is 1.31. The van der Waals surface area contributed by atoms with Crippen LogP contribution in [0.4, 0.5) is 0 Å². The Kier molecular flexibility index (Phi) is 3.09. The van der Waals surface area contributed by atoms with E-state index in [9.17, 15) is 4.79 Å². The average Bonchev–Trinajstić information content (AvgIpc) is 2.76. The number of aromatic hydroxyl groups is 1. The van der Waals surface area contributed by atoms with E-state index in [1.165, 1.54) is 13.1 Å². The summed E-state index contributed by atoms with van der Waals surface area (Å²) in [5.74, 6) is 0.699. The first kappa shape index (κ1) is 11.2. The summed E-state index contributed by atoms with van der Waals surface area (Å²) >= 11 is 0. The van der Waals surface area contributed by atoms with Gasteiger partial charge in [0.05, 0.1) is 18.1 Å². The maximum atomic E-state index is 10.8. The molecule has 5 heteroatoms. The lowest BCUT2D eigenvalue weighted by atomic mass is 10.3. The van der Waals surface area contributed by atoms with E-state index in [0.717, 1.165) is 5.69 Å². The minimum absolute atomic E-state index is 0.0395. The molecule has 2 aromatic rings. The smallest absolute Gasteiger partial charge is 0.167 e. The number of benzene rings is 1. The van der Waals surface area contributed by atoms with E-state index in [2.05, 4.69) is 5.10 Å². The Labute approximate surface area is 98.3 Å². The van der Waals surface area contributed by atoms with Crippen molar-refractivity contribution in [2.45, 2.75) is 6.92 Å². The van der Waals surface area contributed by atoms with E-state index in [0.29, 0.717) is 5.75 Å². The third kappa shape index (κ3) is 2.84. The summed E-state index contributed by atoms with van der Waals surface area (Å²) < 4.78 is 6.82. The van der Waals surface area contributed by atoms with E-state index < -0.39 is 0 Å². The van der Waals surface area contributed by atoms with Gasteiger partial charge in [-0.2, -0.15) is 5.10 Å². The van der Waals surface area contributed by atoms with E-state index in [1.54, 1.807) is 35.1 Å². The Morgan fingerprint density at radius 1 is 1.41 bits per heavy atom. The molecule has 0 atom stereocenters. The second-order valence-corrected chi connectivity index (χ2v) is 3.63. The third-order valence-corrected chi connectivity index (χ3v) is 2.12. The number of nitrogens with zero attached hydrogens (tertiary/aromatic N) is 2. The van der Waals surface area contributed by atoms with Crippen LogP contribution in [0.25, 0.3) is 5.69 Å². The minimum Gasteiger partial charge on any atom is -0.508 e. The molecule has 0 aliphatic heterocycles. The molecule has 1 N–H and O–H groups in total. The van der Waals surface area contributed by atoms with Crippen LogP contribution < -0.4 is 4.74 Å². The third-order valence-electron chi connectivity index (χ3n) is 2.12. The number of carbonyl (C=O) groups excluding carboxylic acids is 1. The summed E-state index contributed by atoms with van der Waals surface area (Å²) in [6.07, 6.45) is 3.21. The molecule has 0 amide bonds.